The lowest BCUT2D eigenvalue weighted by Crippen LogP contribution is -2.39. The smallest absolute Gasteiger partial charge is 0.110 e. The Hall–Kier alpha value is -0.450. The van der Waals surface area contributed by atoms with Gasteiger partial charge in [-0.3, -0.25) is 0 Å². The molecule has 2 heterocycles. The molecule has 0 saturated carbocycles. The molecule has 0 radical (unpaired) electrons. The van der Waals surface area contributed by atoms with E-state index in [1.165, 1.54) is 17.8 Å². The van der Waals surface area contributed by atoms with Crippen molar-refractivity contribution in [1.82, 2.24) is 10.3 Å². The Balaban J connectivity index is 1.94. The standard InChI is InChI=1S/C12H20N2OS/c1-3-11(12-13-9(2)8-16-12)14-10-5-4-6-15-7-10/h8,10-11,14H,3-7H2,1-2H3. The van der Waals surface area contributed by atoms with Gasteiger partial charge in [0.15, 0.2) is 0 Å². The first-order valence-corrected chi connectivity index (χ1v) is 6.93. The molecule has 0 aromatic carbocycles. The predicted molar refractivity (Wildman–Crippen MR) is 66.9 cm³/mol. The van der Waals surface area contributed by atoms with Crippen molar-refractivity contribution < 1.29 is 4.74 Å². The Bertz CT molecular complexity index is 321. The second kappa shape index (κ2) is 5.75. The van der Waals surface area contributed by atoms with Crippen LogP contribution in [0.15, 0.2) is 5.38 Å². The summed E-state index contributed by atoms with van der Waals surface area (Å²) >= 11 is 1.76. The van der Waals surface area contributed by atoms with Crippen LogP contribution in [0, 0.1) is 6.92 Å². The minimum Gasteiger partial charge on any atom is -0.380 e. The summed E-state index contributed by atoms with van der Waals surface area (Å²) in [7, 11) is 0. The van der Waals surface area contributed by atoms with E-state index in [0.29, 0.717) is 12.1 Å². The molecular weight excluding hydrogens is 220 g/mol. The number of thiazole rings is 1. The minimum atomic E-state index is 0.394. The van der Waals surface area contributed by atoms with Crippen molar-refractivity contribution in [3.05, 3.63) is 16.1 Å². The predicted octanol–water partition coefficient (Wildman–Crippen LogP) is 2.67. The zero-order chi connectivity index (χ0) is 11.4. The van der Waals surface area contributed by atoms with Gasteiger partial charge in [-0.05, 0) is 26.2 Å². The fraction of sp³-hybridized carbons (Fsp3) is 0.750. The maximum atomic E-state index is 5.49. The summed E-state index contributed by atoms with van der Waals surface area (Å²) in [4.78, 5) is 4.56. The fourth-order valence-electron chi connectivity index (χ4n) is 2.05. The number of ether oxygens (including phenoxy) is 1. The summed E-state index contributed by atoms with van der Waals surface area (Å²) in [6.07, 6.45) is 3.48. The summed E-state index contributed by atoms with van der Waals surface area (Å²) in [6.45, 7) is 6.03. The molecule has 2 rings (SSSR count). The molecular formula is C12H20N2OS. The molecule has 4 heteroatoms. The van der Waals surface area contributed by atoms with E-state index < -0.39 is 0 Å². The number of nitrogens with one attached hydrogen (secondary N) is 1. The topological polar surface area (TPSA) is 34.1 Å². The maximum absolute atomic E-state index is 5.49. The van der Waals surface area contributed by atoms with Crippen molar-refractivity contribution in [3.63, 3.8) is 0 Å². The number of hydrogen-bond donors (Lipinski definition) is 1. The van der Waals surface area contributed by atoms with Crippen LogP contribution in [0.25, 0.3) is 0 Å². The lowest BCUT2D eigenvalue weighted by molar-refractivity contribution is 0.0661. The molecule has 90 valence electrons. The van der Waals surface area contributed by atoms with Crippen molar-refractivity contribution in [2.45, 2.75) is 45.2 Å². The van der Waals surface area contributed by atoms with Crippen LogP contribution in [-0.4, -0.2) is 24.2 Å². The van der Waals surface area contributed by atoms with Crippen molar-refractivity contribution in [2.24, 2.45) is 0 Å². The molecule has 3 nitrogen and oxygen atoms in total. The van der Waals surface area contributed by atoms with E-state index in [9.17, 15) is 0 Å². The van der Waals surface area contributed by atoms with Crippen LogP contribution in [0.1, 0.15) is 42.9 Å². The first kappa shape index (κ1) is 12.0. The third-order valence-electron chi connectivity index (χ3n) is 2.94. The number of rotatable bonds is 4. The van der Waals surface area contributed by atoms with Crippen molar-refractivity contribution in [1.29, 1.82) is 0 Å². The summed E-state index contributed by atoms with van der Waals surface area (Å²) < 4.78 is 5.49. The second-order valence-corrected chi connectivity index (χ2v) is 5.26. The Morgan fingerprint density at radius 1 is 1.69 bits per heavy atom. The lowest BCUT2D eigenvalue weighted by atomic mass is 10.1. The Morgan fingerprint density at radius 2 is 2.56 bits per heavy atom. The highest BCUT2D eigenvalue weighted by molar-refractivity contribution is 7.09. The zero-order valence-corrected chi connectivity index (χ0v) is 10.8. The van der Waals surface area contributed by atoms with E-state index in [4.69, 9.17) is 4.74 Å². The van der Waals surface area contributed by atoms with Crippen LogP contribution in [-0.2, 0) is 4.74 Å². The van der Waals surface area contributed by atoms with Gasteiger partial charge in [0.25, 0.3) is 0 Å². The number of aryl methyl sites for hydroxylation is 1. The summed E-state index contributed by atoms with van der Waals surface area (Å²) in [6, 6.07) is 0.897. The van der Waals surface area contributed by atoms with E-state index in [0.717, 1.165) is 25.3 Å². The van der Waals surface area contributed by atoms with Gasteiger partial charge in [0.2, 0.25) is 0 Å². The van der Waals surface area contributed by atoms with Gasteiger partial charge >= 0.3 is 0 Å². The highest BCUT2D eigenvalue weighted by Gasteiger charge is 2.20. The van der Waals surface area contributed by atoms with Crippen LogP contribution in [0.2, 0.25) is 0 Å². The van der Waals surface area contributed by atoms with Crippen LogP contribution in [0.5, 0.6) is 0 Å². The lowest BCUT2D eigenvalue weighted by Gasteiger charge is -2.27. The average Bonchev–Trinajstić information content (AvgIpc) is 2.74. The molecule has 1 N–H and O–H groups in total. The van der Waals surface area contributed by atoms with Gasteiger partial charge in [0.1, 0.15) is 5.01 Å². The molecule has 2 atom stereocenters. The third-order valence-corrected chi connectivity index (χ3v) is 4.02. The van der Waals surface area contributed by atoms with Gasteiger partial charge < -0.3 is 10.1 Å². The molecule has 1 fully saturated rings. The maximum Gasteiger partial charge on any atom is 0.110 e. The van der Waals surface area contributed by atoms with Crippen molar-refractivity contribution in [3.8, 4) is 0 Å². The SMILES string of the molecule is CCC(NC1CCCOC1)c1nc(C)cs1. The Labute approximate surface area is 101 Å². The van der Waals surface area contributed by atoms with E-state index in [1.807, 2.05) is 0 Å². The minimum absolute atomic E-state index is 0.394. The molecule has 1 aliphatic rings. The van der Waals surface area contributed by atoms with Crippen molar-refractivity contribution >= 4 is 11.3 Å². The zero-order valence-electron chi connectivity index (χ0n) is 10.0. The quantitative estimate of drug-likeness (QED) is 0.878. The fourth-order valence-corrected chi connectivity index (χ4v) is 2.99. The first-order chi connectivity index (χ1) is 7.79. The van der Waals surface area contributed by atoms with Gasteiger partial charge in [-0.15, -0.1) is 11.3 Å². The average molecular weight is 240 g/mol. The summed E-state index contributed by atoms with van der Waals surface area (Å²) in [5.74, 6) is 0. The molecule has 1 saturated heterocycles. The van der Waals surface area contributed by atoms with Gasteiger partial charge in [0, 0.05) is 23.7 Å². The molecule has 0 amide bonds. The highest BCUT2D eigenvalue weighted by Crippen LogP contribution is 2.22. The van der Waals surface area contributed by atoms with Crippen molar-refractivity contribution in [2.75, 3.05) is 13.2 Å². The van der Waals surface area contributed by atoms with Gasteiger partial charge in [-0.1, -0.05) is 6.92 Å². The van der Waals surface area contributed by atoms with Crippen LogP contribution < -0.4 is 5.32 Å². The molecule has 0 spiro atoms. The molecule has 16 heavy (non-hydrogen) atoms. The van der Waals surface area contributed by atoms with Crippen LogP contribution in [0.3, 0.4) is 0 Å². The van der Waals surface area contributed by atoms with Gasteiger partial charge in [-0.25, -0.2) is 4.98 Å². The highest BCUT2D eigenvalue weighted by atomic mass is 32.1. The second-order valence-electron chi connectivity index (χ2n) is 4.37. The summed E-state index contributed by atoms with van der Waals surface area (Å²) in [5, 5.41) is 6.99. The molecule has 1 aromatic rings. The molecule has 1 aliphatic heterocycles. The third kappa shape index (κ3) is 3.03. The van der Waals surface area contributed by atoms with E-state index in [-0.39, 0.29) is 0 Å². The normalized spacial score (nSPS) is 23.2. The number of aromatic nitrogens is 1. The van der Waals surface area contributed by atoms with Gasteiger partial charge in [-0.2, -0.15) is 0 Å². The van der Waals surface area contributed by atoms with Gasteiger partial charge in [0.05, 0.1) is 12.6 Å². The molecule has 0 aliphatic carbocycles. The first-order valence-electron chi connectivity index (χ1n) is 6.05. The summed E-state index contributed by atoms with van der Waals surface area (Å²) in [5.41, 5.74) is 1.13. The van der Waals surface area contributed by atoms with Crippen LogP contribution in [0.4, 0.5) is 0 Å². The largest absolute Gasteiger partial charge is 0.380 e. The molecule has 0 bridgehead atoms. The Kier molecular flexibility index (Phi) is 4.32. The monoisotopic (exact) mass is 240 g/mol. The molecule has 2 unspecified atom stereocenters. The van der Waals surface area contributed by atoms with E-state index in [1.54, 1.807) is 11.3 Å². The Morgan fingerprint density at radius 3 is 3.12 bits per heavy atom. The van der Waals surface area contributed by atoms with E-state index >= 15 is 0 Å². The van der Waals surface area contributed by atoms with Crippen LogP contribution >= 0.6 is 11.3 Å². The number of nitrogens with zero attached hydrogens (tertiary/aromatic N) is 1. The molecule has 1 aromatic heterocycles. The number of hydrogen-bond acceptors (Lipinski definition) is 4. The van der Waals surface area contributed by atoms with E-state index in [2.05, 4.69) is 29.5 Å².